The Bertz CT molecular complexity index is 894. The second kappa shape index (κ2) is 10.3. The van der Waals surface area contributed by atoms with Crippen LogP contribution < -0.4 is 19.5 Å². The second-order valence-corrected chi connectivity index (χ2v) is 8.62. The molecule has 0 aliphatic carbocycles. The average Bonchev–Trinajstić information content (AvgIpc) is 2.71. The summed E-state index contributed by atoms with van der Waals surface area (Å²) in [5.74, 6) is 1.29. The van der Waals surface area contributed by atoms with Crippen molar-refractivity contribution in [3.8, 4) is 11.5 Å². The van der Waals surface area contributed by atoms with E-state index in [1.54, 1.807) is 19.1 Å². The highest BCUT2D eigenvalue weighted by molar-refractivity contribution is 7.89. The van der Waals surface area contributed by atoms with E-state index in [1.165, 1.54) is 24.8 Å². The van der Waals surface area contributed by atoms with E-state index >= 15 is 0 Å². The molecule has 2 rings (SSSR count). The molecule has 2 aromatic rings. The lowest BCUT2D eigenvalue weighted by Crippen LogP contribution is -2.40. The van der Waals surface area contributed by atoms with Crippen molar-refractivity contribution in [1.29, 1.82) is 0 Å². The van der Waals surface area contributed by atoms with Crippen LogP contribution in [0.1, 0.15) is 32.3 Å². The molecule has 2 aromatic carbocycles. The maximum atomic E-state index is 12.2. The van der Waals surface area contributed by atoms with Crippen LogP contribution in [0.5, 0.6) is 11.5 Å². The van der Waals surface area contributed by atoms with Gasteiger partial charge in [0.15, 0.2) is 6.10 Å². The molecule has 1 amide bonds. The summed E-state index contributed by atoms with van der Waals surface area (Å²) in [4.78, 5) is 12.3. The number of ether oxygens (including phenoxy) is 2. The van der Waals surface area contributed by atoms with E-state index in [1.807, 2.05) is 24.3 Å². The minimum absolute atomic E-state index is 0.0654. The Labute approximate surface area is 172 Å². The highest BCUT2D eigenvalue weighted by atomic mass is 32.2. The summed E-state index contributed by atoms with van der Waals surface area (Å²) in [6.07, 6.45) is -0.696. The molecule has 29 heavy (non-hydrogen) atoms. The zero-order chi connectivity index (χ0) is 21.4. The van der Waals surface area contributed by atoms with Gasteiger partial charge in [-0.25, -0.2) is 13.1 Å². The van der Waals surface area contributed by atoms with Crippen molar-refractivity contribution in [3.05, 3.63) is 54.1 Å². The molecule has 158 valence electrons. The number of rotatable bonds is 10. The number of methoxy groups -OCH3 is 1. The van der Waals surface area contributed by atoms with Gasteiger partial charge in [-0.3, -0.25) is 4.79 Å². The Morgan fingerprint density at radius 3 is 2.07 bits per heavy atom. The number of sulfonamides is 1. The van der Waals surface area contributed by atoms with E-state index in [-0.39, 0.29) is 23.9 Å². The van der Waals surface area contributed by atoms with E-state index in [4.69, 9.17) is 9.47 Å². The Morgan fingerprint density at radius 2 is 1.52 bits per heavy atom. The molecule has 1 unspecified atom stereocenters. The number of carbonyl (C=O) groups is 1. The molecular weight excluding hydrogens is 392 g/mol. The molecule has 0 aliphatic rings. The Balaban J connectivity index is 1.77. The van der Waals surface area contributed by atoms with Crippen LogP contribution in [-0.4, -0.2) is 40.6 Å². The van der Waals surface area contributed by atoms with E-state index < -0.39 is 16.1 Å². The number of hydrogen-bond acceptors (Lipinski definition) is 5. The molecular formula is C21H28N2O5S. The van der Waals surface area contributed by atoms with Crippen molar-refractivity contribution < 1.29 is 22.7 Å². The summed E-state index contributed by atoms with van der Waals surface area (Å²) in [5.41, 5.74) is 1.19. The molecule has 0 radical (unpaired) electrons. The second-order valence-electron chi connectivity index (χ2n) is 6.85. The van der Waals surface area contributed by atoms with E-state index in [0.29, 0.717) is 17.4 Å². The standard InChI is InChI=1S/C21H28N2O5S/c1-15(2)17-5-7-19(8-6-17)28-16(3)21(24)22-13-14-23-29(25,26)20-11-9-18(27-4)10-12-20/h5-12,15-16,23H,13-14H2,1-4H3,(H,22,24). The van der Waals surface area contributed by atoms with Crippen molar-refractivity contribution in [2.75, 3.05) is 20.2 Å². The van der Waals surface area contributed by atoms with Crippen LogP contribution in [0.4, 0.5) is 0 Å². The maximum absolute atomic E-state index is 12.2. The van der Waals surface area contributed by atoms with Crippen molar-refractivity contribution in [2.24, 2.45) is 0 Å². The number of carbonyl (C=O) groups excluding carboxylic acids is 1. The van der Waals surface area contributed by atoms with Gasteiger partial charge in [0.25, 0.3) is 5.91 Å². The van der Waals surface area contributed by atoms with Gasteiger partial charge in [0.05, 0.1) is 12.0 Å². The normalized spacial score (nSPS) is 12.4. The fraction of sp³-hybridized carbons (Fsp3) is 0.381. The van der Waals surface area contributed by atoms with Gasteiger partial charge in [0, 0.05) is 13.1 Å². The zero-order valence-electron chi connectivity index (χ0n) is 17.1. The highest BCUT2D eigenvalue weighted by Gasteiger charge is 2.16. The van der Waals surface area contributed by atoms with E-state index in [9.17, 15) is 13.2 Å². The van der Waals surface area contributed by atoms with Gasteiger partial charge in [0.1, 0.15) is 11.5 Å². The summed E-state index contributed by atoms with van der Waals surface area (Å²) in [5, 5.41) is 2.66. The van der Waals surface area contributed by atoms with Crippen LogP contribution in [0.25, 0.3) is 0 Å². The fourth-order valence-electron chi connectivity index (χ4n) is 2.54. The van der Waals surface area contributed by atoms with Crippen LogP contribution in [-0.2, 0) is 14.8 Å². The third kappa shape index (κ3) is 6.76. The van der Waals surface area contributed by atoms with Crippen LogP contribution in [0.3, 0.4) is 0 Å². The first-order valence-electron chi connectivity index (χ1n) is 9.41. The topological polar surface area (TPSA) is 93.7 Å². The van der Waals surface area contributed by atoms with Gasteiger partial charge in [0.2, 0.25) is 10.0 Å². The molecule has 0 bridgehead atoms. The molecule has 0 fully saturated rings. The minimum Gasteiger partial charge on any atom is -0.497 e. The van der Waals surface area contributed by atoms with Crippen molar-refractivity contribution in [3.63, 3.8) is 0 Å². The Morgan fingerprint density at radius 1 is 0.931 bits per heavy atom. The van der Waals surface area contributed by atoms with Gasteiger partial charge in [-0.1, -0.05) is 26.0 Å². The third-order valence-electron chi connectivity index (χ3n) is 4.31. The maximum Gasteiger partial charge on any atom is 0.260 e. The highest BCUT2D eigenvalue weighted by Crippen LogP contribution is 2.19. The molecule has 0 spiro atoms. The van der Waals surface area contributed by atoms with Crippen molar-refractivity contribution >= 4 is 15.9 Å². The van der Waals surface area contributed by atoms with Gasteiger partial charge in [-0.05, 0) is 54.8 Å². The Kier molecular flexibility index (Phi) is 8.04. The molecule has 2 N–H and O–H groups in total. The summed E-state index contributed by atoms with van der Waals surface area (Å²) < 4.78 is 37.6. The molecule has 0 saturated carbocycles. The average molecular weight is 421 g/mol. The van der Waals surface area contributed by atoms with Gasteiger partial charge in [-0.2, -0.15) is 0 Å². The van der Waals surface area contributed by atoms with Crippen LogP contribution in [0.2, 0.25) is 0 Å². The molecule has 0 aromatic heterocycles. The SMILES string of the molecule is COc1ccc(S(=O)(=O)NCCNC(=O)C(C)Oc2ccc(C(C)C)cc2)cc1. The third-order valence-corrected chi connectivity index (χ3v) is 5.79. The summed E-state index contributed by atoms with van der Waals surface area (Å²) in [6.45, 7) is 6.07. The van der Waals surface area contributed by atoms with E-state index in [0.717, 1.165) is 0 Å². The lowest BCUT2D eigenvalue weighted by molar-refractivity contribution is -0.127. The van der Waals surface area contributed by atoms with Gasteiger partial charge < -0.3 is 14.8 Å². The zero-order valence-corrected chi connectivity index (χ0v) is 18.0. The Hall–Kier alpha value is -2.58. The molecule has 1 atom stereocenters. The number of benzene rings is 2. The first-order valence-corrected chi connectivity index (χ1v) is 10.9. The lowest BCUT2D eigenvalue weighted by atomic mass is 10.0. The van der Waals surface area contributed by atoms with Crippen molar-refractivity contribution in [1.82, 2.24) is 10.0 Å². The van der Waals surface area contributed by atoms with Crippen molar-refractivity contribution in [2.45, 2.75) is 37.7 Å². The molecule has 0 aliphatic heterocycles. The lowest BCUT2D eigenvalue weighted by Gasteiger charge is -2.15. The monoisotopic (exact) mass is 420 g/mol. The molecule has 0 saturated heterocycles. The van der Waals surface area contributed by atoms with Crippen LogP contribution in [0.15, 0.2) is 53.4 Å². The van der Waals surface area contributed by atoms with E-state index in [2.05, 4.69) is 23.9 Å². The summed E-state index contributed by atoms with van der Waals surface area (Å²) >= 11 is 0. The molecule has 8 heteroatoms. The van der Waals surface area contributed by atoms with Gasteiger partial charge >= 0.3 is 0 Å². The first-order chi connectivity index (χ1) is 13.7. The summed E-state index contributed by atoms with van der Waals surface area (Å²) in [7, 11) is -2.14. The summed E-state index contributed by atoms with van der Waals surface area (Å²) in [6, 6.07) is 13.7. The first kappa shape index (κ1) is 22.7. The smallest absolute Gasteiger partial charge is 0.260 e. The fourth-order valence-corrected chi connectivity index (χ4v) is 3.57. The predicted octanol–water partition coefficient (Wildman–Crippen LogP) is 2.68. The molecule has 0 heterocycles. The van der Waals surface area contributed by atoms with Gasteiger partial charge in [-0.15, -0.1) is 0 Å². The largest absolute Gasteiger partial charge is 0.497 e. The minimum atomic E-state index is -3.65. The number of hydrogen-bond donors (Lipinski definition) is 2. The number of nitrogens with one attached hydrogen (secondary N) is 2. The van der Waals surface area contributed by atoms with Crippen LogP contribution in [0, 0.1) is 0 Å². The number of amides is 1. The molecule has 7 nitrogen and oxygen atoms in total. The quantitative estimate of drug-likeness (QED) is 0.577. The predicted molar refractivity (Wildman–Crippen MR) is 112 cm³/mol. The van der Waals surface area contributed by atoms with Crippen LogP contribution >= 0.6 is 0 Å².